The van der Waals surface area contributed by atoms with Crippen LogP contribution >= 0.6 is 0 Å². The number of nitrogens with zero attached hydrogens (tertiary/aromatic N) is 1. The first-order valence-corrected chi connectivity index (χ1v) is 9.02. The van der Waals surface area contributed by atoms with Crippen molar-refractivity contribution in [2.45, 2.75) is 12.8 Å². The molecule has 140 valence electrons. The smallest absolute Gasteiger partial charge is 0.253 e. The van der Waals surface area contributed by atoms with Crippen LogP contribution in [0.2, 0.25) is 0 Å². The predicted molar refractivity (Wildman–Crippen MR) is 103 cm³/mol. The summed E-state index contributed by atoms with van der Waals surface area (Å²) in [5.74, 6) is -0.920. The van der Waals surface area contributed by atoms with Gasteiger partial charge in [-0.15, -0.1) is 0 Å². The monoisotopic (exact) mass is 365 g/mol. The van der Waals surface area contributed by atoms with Crippen molar-refractivity contribution in [2.75, 3.05) is 25.5 Å². The van der Waals surface area contributed by atoms with E-state index in [-0.39, 0.29) is 24.1 Å². The zero-order valence-corrected chi connectivity index (χ0v) is 15.3. The minimum absolute atomic E-state index is 0.00864. The minimum Gasteiger partial charge on any atom is -0.355 e. The molecule has 2 aromatic carbocycles. The van der Waals surface area contributed by atoms with Crippen LogP contribution in [0.5, 0.6) is 0 Å². The SMILES string of the molecule is CNC(=O)c1ccccc1NC(=O)C1CC(=O)N(CCc2ccccc2)C1. The van der Waals surface area contributed by atoms with Gasteiger partial charge in [0.1, 0.15) is 0 Å². The second-order valence-electron chi connectivity index (χ2n) is 6.59. The number of nitrogens with one attached hydrogen (secondary N) is 2. The van der Waals surface area contributed by atoms with Crippen LogP contribution in [-0.2, 0) is 16.0 Å². The van der Waals surface area contributed by atoms with Crippen LogP contribution in [0.3, 0.4) is 0 Å². The summed E-state index contributed by atoms with van der Waals surface area (Å²) in [5, 5.41) is 5.36. The summed E-state index contributed by atoms with van der Waals surface area (Å²) in [5.41, 5.74) is 2.02. The Bertz CT molecular complexity index is 836. The molecule has 0 radical (unpaired) electrons. The Hall–Kier alpha value is -3.15. The Morgan fingerprint density at radius 3 is 2.52 bits per heavy atom. The van der Waals surface area contributed by atoms with Crippen molar-refractivity contribution < 1.29 is 14.4 Å². The molecule has 1 fully saturated rings. The third kappa shape index (κ3) is 4.53. The van der Waals surface area contributed by atoms with E-state index in [1.54, 1.807) is 36.2 Å². The summed E-state index contributed by atoms with van der Waals surface area (Å²) >= 11 is 0. The van der Waals surface area contributed by atoms with E-state index in [0.29, 0.717) is 24.3 Å². The first-order chi connectivity index (χ1) is 13.1. The molecular weight excluding hydrogens is 342 g/mol. The summed E-state index contributed by atoms with van der Waals surface area (Å²) in [6.07, 6.45) is 0.961. The van der Waals surface area contributed by atoms with E-state index in [1.165, 1.54) is 0 Å². The molecule has 3 amide bonds. The molecule has 6 heteroatoms. The Kier molecular flexibility index (Phi) is 5.86. The maximum atomic E-state index is 12.6. The van der Waals surface area contributed by atoms with Crippen LogP contribution in [0.1, 0.15) is 22.3 Å². The van der Waals surface area contributed by atoms with Crippen LogP contribution in [0, 0.1) is 5.92 Å². The quantitative estimate of drug-likeness (QED) is 0.823. The highest BCUT2D eigenvalue weighted by Gasteiger charge is 2.34. The van der Waals surface area contributed by atoms with E-state index in [1.807, 2.05) is 30.3 Å². The van der Waals surface area contributed by atoms with Crippen molar-refractivity contribution in [1.29, 1.82) is 0 Å². The molecule has 1 atom stereocenters. The summed E-state index contributed by atoms with van der Waals surface area (Å²) < 4.78 is 0. The van der Waals surface area contributed by atoms with Gasteiger partial charge in [-0.25, -0.2) is 0 Å². The summed E-state index contributed by atoms with van der Waals surface area (Å²) in [7, 11) is 1.54. The zero-order chi connectivity index (χ0) is 19.2. The first kappa shape index (κ1) is 18.6. The highest BCUT2D eigenvalue weighted by Crippen LogP contribution is 2.22. The maximum absolute atomic E-state index is 12.6. The molecule has 0 aliphatic carbocycles. The number of para-hydroxylation sites is 1. The Morgan fingerprint density at radius 2 is 1.78 bits per heavy atom. The fourth-order valence-electron chi connectivity index (χ4n) is 3.23. The van der Waals surface area contributed by atoms with Crippen molar-refractivity contribution in [2.24, 2.45) is 5.92 Å². The largest absolute Gasteiger partial charge is 0.355 e. The summed E-state index contributed by atoms with van der Waals surface area (Å²) in [6, 6.07) is 16.8. The molecule has 1 unspecified atom stereocenters. The topological polar surface area (TPSA) is 78.5 Å². The van der Waals surface area contributed by atoms with Crippen LogP contribution in [0.4, 0.5) is 5.69 Å². The third-order valence-electron chi connectivity index (χ3n) is 4.76. The van der Waals surface area contributed by atoms with Gasteiger partial charge >= 0.3 is 0 Å². The molecule has 1 heterocycles. The van der Waals surface area contributed by atoms with E-state index in [2.05, 4.69) is 10.6 Å². The van der Waals surface area contributed by atoms with Gasteiger partial charge in [-0.1, -0.05) is 42.5 Å². The van der Waals surface area contributed by atoms with Gasteiger partial charge in [0.05, 0.1) is 17.2 Å². The van der Waals surface area contributed by atoms with Gasteiger partial charge in [0.15, 0.2) is 0 Å². The summed E-state index contributed by atoms with van der Waals surface area (Å²) in [6.45, 7) is 1.00. The number of anilines is 1. The third-order valence-corrected chi connectivity index (χ3v) is 4.76. The lowest BCUT2D eigenvalue weighted by Crippen LogP contribution is -2.30. The second-order valence-corrected chi connectivity index (χ2v) is 6.59. The van der Waals surface area contributed by atoms with Crippen molar-refractivity contribution >= 4 is 23.4 Å². The van der Waals surface area contributed by atoms with Gasteiger partial charge in [-0.05, 0) is 24.1 Å². The molecule has 6 nitrogen and oxygen atoms in total. The zero-order valence-electron chi connectivity index (χ0n) is 15.3. The highest BCUT2D eigenvalue weighted by molar-refractivity contribution is 6.05. The molecule has 2 N–H and O–H groups in total. The Morgan fingerprint density at radius 1 is 1.07 bits per heavy atom. The number of hydrogen-bond acceptors (Lipinski definition) is 3. The standard InChI is InChI=1S/C21H23N3O3/c1-22-21(27)17-9-5-6-10-18(17)23-20(26)16-13-19(25)24(14-16)12-11-15-7-3-2-4-8-15/h2-10,16H,11-14H2,1H3,(H,22,27)(H,23,26). The number of rotatable bonds is 6. The van der Waals surface area contributed by atoms with Gasteiger partial charge in [-0.3, -0.25) is 14.4 Å². The lowest BCUT2D eigenvalue weighted by molar-refractivity contribution is -0.128. The second kappa shape index (κ2) is 8.49. The molecule has 0 bridgehead atoms. The Balaban J connectivity index is 1.60. The maximum Gasteiger partial charge on any atom is 0.253 e. The fraction of sp³-hybridized carbons (Fsp3) is 0.286. The van der Waals surface area contributed by atoms with Gasteiger partial charge < -0.3 is 15.5 Å². The number of carbonyl (C=O) groups excluding carboxylic acids is 3. The lowest BCUT2D eigenvalue weighted by atomic mass is 10.1. The molecular formula is C21H23N3O3. The van der Waals surface area contributed by atoms with E-state index in [0.717, 1.165) is 12.0 Å². The number of likely N-dealkylation sites (tertiary alicyclic amines) is 1. The average molecular weight is 365 g/mol. The molecule has 1 aliphatic heterocycles. The summed E-state index contributed by atoms with van der Waals surface area (Å²) in [4.78, 5) is 38.6. The van der Waals surface area contributed by atoms with Gasteiger partial charge in [0, 0.05) is 26.6 Å². The fourth-order valence-corrected chi connectivity index (χ4v) is 3.23. The van der Waals surface area contributed by atoms with E-state index < -0.39 is 5.92 Å². The number of benzene rings is 2. The van der Waals surface area contributed by atoms with Crippen molar-refractivity contribution in [3.8, 4) is 0 Å². The van der Waals surface area contributed by atoms with Crippen LogP contribution in [0.25, 0.3) is 0 Å². The van der Waals surface area contributed by atoms with E-state index >= 15 is 0 Å². The molecule has 0 saturated carbocycles. The van der Waals surface area contributed by atoms with Crippen LogP contribution in [-0.4, -0.2) is 42.8 Å². The molecule has 27 heavy (non-hydrogen) atoms. The average Bonchev–Trinajstić information content (AvgIpc) is 3.08. The van der Waals surface area contributed by atoms with E-state index in [4.69, 9.17) is 0 Å². The van der Waals surface area contributed by atoms with Crippen LogP contribution in [0.15, 0.2) is 54.6 Å². The van der Waals surface area contributed by atoms with Crippen molar-refractivity contribution in [3.05, 3.63) is 65.7 Å². The first-order valence-electron chi connectivity index (χ1n) is 9.02. The number of amides is 3. The van der Waals surface area contributed by atoms with Crippen molar-refractivity contribution in [3.63, 3.8) is 0 Å². The van der Waals surface area contributed by atoms with Crippen molar-refractivity contribution in [1.82, 2.24) is 10.2 Å². The van der Waals surface area contributed by atoms with Crippen LogP contribution < -0.4 is 10.6 Å². The lowest BCUT2D eigenvalue weighted by Gasteiger charge is -2.17. The minimum atomic E-state index is -0.411. The highest BCUT2D eigenvalue weighted by atomic mass is 16.2. The molecule has 0 spiro atoms. The molecule has 0 aromatic heterocycles. The molecule has 1 aliphatic rings. The van der Waals surface area contributed by atoms with Gasteiger partial charge in [0.25, 0.3) is 5.91 Å². The predicted octanol–water partition coefficient (Wildman–Crippen LogP) is 2.08. The van der Waals surface area contributed by atoms with Gasteiger partial charge in [0.2, 0.25) is 11.8 Å². The van der Waals surface area contributed by atoms with E-state index in [9.17, 15) is 14.4 Å². The molecule has 2 aromatic rings. The molecule has 1 saturated heterocycles. The van der Waals surface area contributed by atoms with Gasteiger partial charge in [-0.2, -0.15) is 0 Å². The molecule has 3 rings (SSSR count). The normalized spacial score (nSPS) is 16.3. The number of carbonyl (C=O) groups is 3. The Labute approximate surface area is 158 Å². The number of hydrogen-bond donors (Lipinski definition) is 2.